The van der Waals surface area contributed by atoms with E-state index in [1.54, 1.807) is 18.9 Å². The Balaban J connectivity index is 2.14. The maximum absolute atomic E-state index is 10.1. The minimum absolute atomic E-state index is 0.483. The molecule has 0 radical (unpaired) electrons. The maximum Gasteiger partial charge on any atom is 0.160 e. The molecule has 1 aromatic heterocycles. The highest BCUT2D eigenvalue weighted by Crippen LogP contribution is 2.29. The van der Waals surface area contributed by atoms with Crippen LogP contribution in [-0.4, -0.2) is 29.1 Å². The summed E-state index contributed by atoms with van der Waals surface area (Å²) in [6.07, 6.45) is 1.67. The predicted octanol–water partition coefficient (Wildman–Crippen LogP) is 1.71. The lowest BCUT2D eigenvalue weighted by molar-refractivity contribution is 0.172. The van der Waals surface area contributed by atoms with Crippen molar-refractivity contribution in [2.45, 2.75) is 12.5 Å². The second kappa shape index (κ2) is 5.75. The minimum Gasteiger partial charge on any atom is -0.493 e. The van der Waals surface area contributed by atoms with Gasteiger partial charge in [0.2, 0.25) is 0 Å². The Hall–Kier alpha value is -2.01. The van der Waals surface area contributed by atoms with Gasteiger partial charge in [-0.15, -0.1) is 0 Å². The molecule has 1 heterocycles. The molecule has 2 rings (SSSR count). The van der Waals surface area contributed by atoms with Crippen molar-refractivity contribution < 1.29 is 14.6 Å². The summed E-state index contributed by atoms with van der Waals surface area (Å²) in [4.78, 5) is 0. The fourth-order valence-corrected chi connectivity index (χ4v) is 1.95. The molecule has 5 nitrogen and oxygen atoms in total. The number of hydrogen-bond acceptors (Lipinski definition) is 4. The molecule has 0 saturated carbocycles. The first-order valence-corrected chi connectivity index (χ1v) is 6.02. The van der Waals surface area contributed by atoms with Gasteiger partial charge >= 0.3 is 0 Å². The van der Waals surface area contributed by atoms with Gasteiger partial charge in [0.25, 0.3) is 0 Å². The monoisotopic (exact) mass is 262 g/mol. The average Bonchev–Trinajstić information content (AvgIpc) is 2.85. The van der Waals surface area contributed by atoms with Crippen LogP contribution in [0.1, 0.15) is 17.4 Å². The smallest absolute Gasteiger partial charge is 0.160 e. The summed E-state index contributed by atoms with van der Waals surface area (Å²) in [5.74, 6) is 1.34. The van der Waals surface area contributed by atoms with Gasteiger partial charge in [0, 0.05) is 19.7 Å². The highest BCUT2D eigenvalue weighted by atomic mass is 16.5. The zero-order valence-corrected chi connectivity index (χ0v) is 11.3. The summed E-state index contributed by atoms with van der Waals surface area (Å²) < 4.78 is 12.1. The van der Waals surface area contributed by atoms with Gasteiger partial charge in [0.05, 0.1) is 19.9 Å². The third-order valence-corrected chi connectivity index (χ3v) is 2.95. The lowest BCUT2D eigenvalue weighted by Crippen LogP contribution is -2.04. The summed E-state index contributed by atoms with van der Waals surface area (Å²) in [5, 5.41) is 14.3. The molecule has 19 heavy (non-hydrogen) atoms. The topological polar surface area (TPSA) is 56.5 Å². The van der Waals surface area contributed by atoms with Gasteiger partial charge in [-0.2, -0.15) is 5.10 Å². The van der Waals surface area contributed by atoms with Crippen molar-refractivity contribution in [3.8, 4) is 11.5 Å². The van der Waals surface area contributed by atoms with E-state index in [2.05, 4.69) is 5.10 Å². The molecule has 0 amide bonds. The SMILES string of the molecule is COc1ccc(CC(O)c2ccn(C)n2)cc1OC. The molecule has 1 atom stereocenters. The van der Waals surface area contributed by atoms with Gasteiger partial charge in [-0.05, 0) is 23.8 Å². The van der Waals surface area contributed by atoms with Crippen LogP contribution in [0.25, 0.3) is 0 Å². The van der Waals surface area contributed by atoms with Crippen LogP contribution in [0.15, 0.2) is 30.5 Å². The van der Waals surface area contributed by atoms with E-state index in [9.17, 15) is 5.11 Å². The van der Waals surface area contributed by atoms with Crippen LogP contribution in [0.2, 0.25) is 0 Å². The van der Waals surface area contributed by atoms with Crippen LogP contribution in [-0.2, 0) is 13.5 Å². The highest BCUT2D eigenvalue weighted by molar-refractivity contribution is 5.43. The number of methoxy groups -OCH3 is 2. The number of aryl methyl sites for hydroxylation is 1. The molecule has 0 spiro atoms. The number of nitrogens with zero attached hydrogens (tertiary/aromatic N) is 2. The van der Waals surface area contributed by atoms with E-state index in [-0.39, 0.29) is 0 Å². The van der Waals surface area contributed by atoms with E-state index < -0.39 is 6.10 Å². The number of ether oxygens (including phenoxy) is 2. The predicted molar refractivity (Wildman–Crippen MR) is 71.4 cm³/mol. The van der Waals surface area contributed by atoms with Gasteiger partial charge in [0.15, 0.2) is 11.5 Å². The largest absolute Gasteiger partial charge is 0.493 e. The van der Waals surface area contributed by atoms with E-state index in [0.29, 0.717) is 23.6 Å². The number of aliphatic hydroxyl groups is 1. The Bertz CT molecular complexity index is 551. The number of aliphatic hydroxyl groups excluding tert-OH is 1. The van der Waals surface area contributed by atoms with E-state index >= 15 is 0 Å². The van der Waals surface area contributed by atoms with Crippen LogP contribution in [0.3, 0.4) is 0 Å². The molecule has 0 aliphatic carbocycles. The number of hydrogen-bond donors (Lipinski definition) is 1. The Labute approximate surface area is 112 Å². The lowest BCUT2D eigenvalue weighted by Gasteiger charge is -2.11. The Morgan fingerprint density at radius 1 is 1.21 bits per heavy atom. The van der Waals surface area contributed by atoms with E-state index in [1.165, 1.54) is 0 Å². The molecule has 1 aromatic carbocycles. The Morgan fingerprint density at radius 3 is 2.53 bits per heavy atom. The van der Waals surface area contributed by atoms with Gasteiger partial charge in [-0.1, -0.05) is 6.07 Å². The van der Waals surface area contributed by atoms with Crippen molar-refractivity contribution in [2.24, 2.45) is 7.05 Å². The molecule has 0 bridgehead atoms. The first-order chi connectivity index (χ1) is 9.13. The normalized spacial score (nSPS) is 12.2. The second-order valence-corrected chi connectivity index (χ2v) is 4.32. The van der Waals surface area contributed by atoms with Crippen LogP contribution in [0, 0.1) is 0 Å². The molecule has 1 unspecified atom stereocenters. The third-order valence-electron chi connectivity index (χ3n) is 2.95. The van der Waals surface area contributed by atoms with Crippen LogP contribution in [0.5, 0.6) is 11.5 Å². The van der Waals surface area contributed by atoms with E-state index in [4.69, 9.17) is 9.47 Å². The van der Waals surface area contributed by atoms with Crippen molar-refractivity contribution in [1.29, 1.82) is 0 Å². The second-order valence-electron chi connectivity index (χ2n) is 4.32. The fourth-order valence-electron chi connectivity index (χ4n) is 1.95. The maximum atomic E-state index is 10.1. The molecule has 1 N–H and O–H groups in total. The molecule has 0 fully saturated rings. The van der Waals surface area contributed by atoms with E-state index in [1.807, 2.05) is 37.5 Å². The number of aromatic nitrogens is 2. The minimum atomic E-state index is -0.626. The Morgan fingerprint density at radius 2 is 1.95 bits per heavy atom. The number of rotatable bonds is 5. The molecule has 102 valence electrons. The molecule has 2 aromatic rings. The molecular formula is C14H18N2O3. The summed E-state index contributed by atoms with van der Waals surface area (Å²) in [6.45, 7) is 0. The summed E-state index contributed by atoms with van der Waals surface area (Å²) in [6, 6.07) is 7.42. The third kappa shape index (κ3) is 3.06. The zero-order chi connectivity index (χ0) is 13.8. The lowest BCUT2D eigenvalue weighted by atomic mass is 10.1. The fraction of sp³-hybridized carbons (Fsp3) is 0.357. The van der Waals surface area contributed by atoms with Gasteiger partial charge in [-0.25, -0.2) is 0 Å². The van der Waals surface area contributed by atoms with Crippen LogP contribution in [0.4, 0.5) is 0 Å². The van der Waals surface area contributed by atoms with Gasteiger partial charge < -0.3 is 14.6 Å². The van der Waals surface area contributed by atoms with E-state index in [0.717, 1.165) is 5.56 Å². The quantitative estimate of drug-likeness (QED) is 0.891. The average molecular weight is 262 g/mol. The van der Waals surface area contributed by atoms with Crippen LogP contribution >= 0.6 is 0 Å². The summed E-state index contributed by atoms with van der Waals surface area (Å²) >= 11 is 0. The molecular weight excluding hydrogens is 244 g/mol. The van der Waals surface area contributed by atoms with Gasteiger partial charge in [0.1, 0.15) is 6.10 Å². The van der Waals surface area contributed by atoms with Crippen molar-refractivity contribution in [2.75, 3.05) is 14.2 Å². The van der Waals surface area contributed by atoms with Crippen molar-refractivity contribution in [1.82, 2.24) is 9.78 Å². The molecule has 0 aliphatic rings. The van der Waals surface area contributed by atoms with Crippen LogP contribution < -0.4 is 9.47 Å². The zero-order valence-electron chi connectivity index (χ0n) is 11.3. The number of benzene rings is 1. The van der Waals surface area contributed by atoms with Gasteiger partial charge in [-0.3, -0.25) is 4.68 Å². The van der Waals surface area contributed by atoms with Crippen molar-refractivity contribution in [3.05, 3.63) is 41.7 Å². The van der Waals surface area contributed by atoms with Crippen molar-refractivity contribution in [3.63, 3.8) is 0 Å². The summed E-state index contributed by atoms with van der Waals surface area (Å²) in [7, 11) is 5.02. The molecule has 0 aliphatic heterocycles. The van der Waals surface area contributed by atoms with Crippen molar-refractivity contribution >= 4 is 0 Å². The summed E-state index contributed by atoms with van der Waals surface area (Å²) in [5.41, 5.74) is 1.63. The highest BCUT2D eigenvalue weighted by Gasteiger charge is 2.13. The first-order valence-electron chi connectivity index (χ1n) is 6.02. The molecule has 0 saturated heterocycles. The Kier molecular flexibility index (Phi) is 4.06. The standard InChI is InChI=1S/C14H18N2O3/c1-16-7-6-11(15-16)12(17)8-10-4-5-13(18-2)14(9-10)19-3/h4-7,9,12,17H,8H2,1-3H3. The molecule has 5 heteroatoms. The first kappa shape index (κ1) is 13.4.